The third-order valence-corrected chi connectivity index (χ3v) is 3.63. The fraction of sp³-hybridized carbons (Fsp3) is 0.250. The van der Waals surface area contributed by atoms with Crippen LogP contribution in [0.1, 0.15) is 11.1 Å². The van der Waals surface area contributed by atoms with Gasteiger partial charge in [0.1, 0.15) is 0 Å². The minimum absolute atomic E-state index is 0.643. The standard InChI is InChI=1S/C16H18Cl2N2/c1-11-3-4-12(2)16(9-11)20-8-7-19-15-6-5-13(17)10-14(15)18/h3-6,9-10,19-20H,7-8H2,1-2H3. The van der Waals surface area contributed by atoms with Gasteiger partial charge in [-0.05, 0) is 49.2 Å². The van der Waals surface area contributed by atoms with Crippen molar-refractivity contribution in [3.63, 3.8) is 0 Å². The van der Waals surface area contributed by atoms with Crippen LogP contribution in [0, 0.1) is 13.8 Å². The summed E-state index contributed by atoms with van der Waals surface area (Å²) in [6.45, 7) is 5.81. The van der Waals surface area contributed by atoms with Gasteiger partial charge in [-0.1, -0.05) is 35.3 Å². The van der Waals surface area contributed by atoms with E-state index in [2.05, 4.69) is 42.7 Å². The second-order valence-electron chi connectivity index (χ2n) is 4.80. The summed E-state index contributed by atoms with van der Waals surface area (Å²) in [5, 5.41) is 8.00. The van der Waals surface area contributed by atoms with E-state index in [0.717, 1.165) is 18.8 Å². The number of anilines is 2. The lowest BCUT2D eigenvalue weighted by Crippen LogP contribution is -2.14. The first-order chi connectivity index (χ1) is 9.56. The fourth-order valence-electron chi connectivity index (χ4n) is 1.95. The van der Waals surface area contributed by atoms with Crippen LogP contribution in [0.3, 0.4) is 0 Å². The Balaban J connectivity index is 1.86. The molecule has 0 radical (unpaired) electrons. The summed E-state index contributed by atoms with van der Waals surface area (Å²) in [4.78, 5) is 0. The summed E-state index contributed by atoms with van der Waals surface area (Å²) in [7, 11) is 0. The summed E-state index contributed by atoms with van der Waals surface area (Å²) in [5.74, 6) is 0. The Kier molecular flexibility index (Phi) is 5.16. The maximum atomic E-state index is 6.10. The van der Waals surface area contributed by atoms with Gasteiger partial charge in [-0.25, -0.2) is 0 Å². The predicted octanol–water partition coefficient (Wildman–Crippen LogP) is 5.13. The summed E-state index contributed by atoms with van der Waals surface area (Å²) in [6.07, 6.45) is 0. The van der Waals surface area contributed by atoms with Crippen LogP contribution in [0.4, 0.5) is 11.4 Å². The van der Waals surface area contributed by atoms with E-state index >= 15 is 0 Å². The first-order valence-corrected chi connectivity index (χ1v) is 7.32. The van der Waals surface area contributed by atoms with Gasteiger partial charge in [0.25, 0.3) is 0 Å². The highest BCUT2D eigenvalue weighted by Gasteiger charge is 2.01. The van der Waals surface area contributed by atoms with Crippen molar-refractivity contribution in [2.24, 2.45) is 0 Å². The van der Waals surface area contributed by atoms with Gasteiger partial charge in [0, 0.05) is 23.8 Å². The highest BCUT2D eigenvalue weighted by molar-refractivity contribution is 6.36. The molecule has 0 aliphatic carbocycles. The van der Waals surface area contributed by atoms with Crippen molar-refractivity contribution in [2.45, 2.75) is 13.8 Å². The molecule has 0 aliphatic heterocycles. The summed E-state index contributed by atoms with van der Waals surface area (Å²) in [5.41, 5.74) is 4.58. The second kappa shape index (κ2) is 6.87. The van der Waals surface area contributed by atoms with Crippen LogP contribution in [0.2, 0.25) is 10.0 Å². The average molecular weight is 309 g/mol. The molecule has 0 atom stereocenters. The molecule has 0 fully saturated rings. The normalized spacial score (nSPS) is 10.4. The van der Waals surface area contributed by atoms with Crippen molar-refractivity contribution in [1.82, 2.24) is 0 Å². The molecule has 0 bridgehead atoms. The van der Waals surface area contributed by atoms with E-state index in [0.29, 0.717) is 10.0 Å². The first kappa shape index (κ1) is 15.0. The topological polar surface area (TPSA) is 24.1 Å². The van der Waals surface area contributed by atoms with E-state index in [9.17, 15) is 0 Å². The number of nitrogens with one attached hydrogen (secondary N) is 2. The van der Waals surface area contributed by atoms with E-state index in [1.54, 1.807) is 6.07 Å². The van der Waals surface area contributed by atoms with E-state index in [1.165, 1.54) is 16.8 Å². The maximum Gasteiger partial charge on any atom is 0.0652 e. The Hall–Kier alpha value is -1.38. The highest BCUT2D eigenvalue weighted by Crippen LogP contribution is 2.25. The molecule has 0 spiro atoms. The number of hydrogen-bond donors (Lipinski definition) is 2. The van der Waals surface area contributed by atoms with Crippen molar-refractivity contribution in [2.75, 3.05) is 23.7 Å². The molecule has 4 heteroatoms. The molecule has 0 aromatic heterocycles. The Morgan fingerprint density at radius 2 is 1.55 bits per heavy atom. The SMILES string of the molecule is Cc1ccc(C)c(NCCNc2ccc(Cl)cc2Cl)c1. The van der Waals surface area contributed by atoms with E-state index in [4.69, 9.17) is 23.2 Å². The van der Waals surface area contributed by atoms with Gasteiger partial charge in [0.15, 0.2) is 0 Å². The molecular weight excluding hydrogens is 291 g/mol. The van der Waals surface area contributed by atoms with Gasteiger partial charge >= 0.3 is 0 Å². The third-order valence-electron chi connectivity index (χ3n) is 3.08. The van der Waals surface area contributed by atoms with Crippen LogP contribution >= 0.6 is 23.2 Å². The molecule has 0 heterocycles. The molecule has 20 heavy (non-hydrogen) atoms. The quantitative estimate of drug-likeness (QED) is 0.748. The summed E-state index contributed by atoms with van der Waals surface area (Å²) >= 11 is 12.0. The minimum Gasteiger partial charge on any atom is -0.383 e. The molecule has 0 saturated heterocycles. The van der Waals surface area contributed by atoms with E-state index < -0.39 is 0 Å². The molecule has 2 rings (SSSR count). The van der Waals surface area contributed by atoms with Gasteiger partial charge < -0.3 is 10.6 Å². The lowest BCUT2D eigenvalue weighted by Gasteiger charge is -2.12. The lowest BCUT2D eigenvalue weighted by atomic mass is 10.1. The minimum atomic E-state index is 0.643. The summed E-state index contributed by atoms with van der Waals surface area (Å²) in [6, 6.07) is 11.9. The molecule has 0 saturated carbocycles. The molecule has 0 unspecified atom stereocenters. The average Bonchev–Trinajstić information content (AvgIpc) is 2.40. The van der Waals surface area contributed by atoms with Crippen LogP contribution < -0.4 is 10.6 Å². The van der Waals surface area contributed by atoms with Crippen LogP contribution in [-0.4, -0.2) is 13.1 Å². The molecule has 2 aromatic rings. The van der Waals surface area contributed by atoms with Crippen LogP contribution in [0.25, 0.3) is 0 Å². The van der Waals surface area contributed by atoms with E-state index in [-0.39, 0.29) is 0 Å². The maximum absolute atomic E-state index is 6.10. The zero-order valence-electron chi connectivity index (χ0n) is 11.6. The molecule has 2 aromatic carbocycles. The molecule has 2 N–H and O–H groups in total. The highest BCUT2D eigenvalue weighted by atomic mass is 35.5. The number of rotatable bonds is 5. The molecule has 2 nitrogen and oxygen atoms in total. The van der Waals surface area contributed by atoms with Crippen LogP contribution in [0.15, 0.2) is 36.4 Å². The van der Waals surface area contributed by atoms with Gasteiger partial charge in [0.05, 0.1) is 10.7 Å². The molecule has 0 aliphatic rings. The van der Waals surface area contributed by atoms with Crippen molar-refractivity contribution < 1.29 is 0 Å². The second-order valence-corrected chi connectivity index (χ2v) is 5.64. The molecule has 106 valence electrons. The van der Waals surface area contributed by atoms with Crippen molar-refractivity contribution in [1.29, 1.82) is 0 Å². The third kappa shape index (κ3) is 4.06. The summed E-state index contributed by atoms with van der Waals surface area (Å²) < 4.78 is 0. The van der Waals surface area contributed by atoms with Crippen LogP contribution in [0.5, 0.6) is 0 Å². The number of hydrogen-bond acceptors (Lipinski definition) is 2. The van der Waals surface area contributed by atoms with Crippen molar-refractivity contribution in [3.8, 4) is 0 Å². The first-order valence-electron chi connectivity index (χ1n) is 6.56. The number of aryl methyl sites for hydroxylation is 2. The Morgan fingerprint density at radius 1 is 0.850 bits per heavy atom. The number of halogens is 2. The molecule has 0 amide bonds. The van der Waals surface area contributed by atoms with Crippen LogP contribution in [-0.2, 0) is 0 Å². The predicted molar refractivity (Wildman–Crippen MR) is 89.4 cm³/mol. The fourth-order valence-corrected chi connectivity index (χ4v) is 2.43. The van der Waals surface area contributed by atoms with Gasteiger partial charge in [0.2, 0.25) is 0 Å². The zero-order chi connectivity index (χ0) is 14.5. The molecular formula is C16H18Cl2N2. The zero-order valence-corrected chi connectivity index (χ0v) is 13.1. The van der Waals surface area contributed by atoms with Crippen molar-refractivity contribution in [3.05, 3.63) is 57.6 Å². The van der Waals surface area contributed by atoms with Gasteiger partial charge in [-0.3, -0.25) is 0 Å². The Labute approximate surface area is 130 Å². The monoisotopic (exact) mass is 308 g/mol. The smallest absolute Gasteiger partial charge is 0.0652 e. The lowest BCUT2D eigenvalue weighted by molar-refractivity contribution is 1.07. The van der Waals surface area contributed by atoms with Gasteiger partial charge in [-0.15, -0.1) is 0 Å². The Bertz CT molecular complexity index is 597. The van der Waals surface area contributed by atoms with E-state index in [1.807, 2.05) is 12.1 Å². The largest absolute Gasteiger partial charge is 0.383 e. The Morgan fingerprint density at radius 3 is 2.25 bits per heavy atom. The van der Waals surface area contributed by atoms with Gasteiger partial charge in [-0.2, -0.15) is 0 Å². The van der Waals surface area contributed by atoms with Crippen molar-refractivity contribution >= 4 is 34.6 Å². The number of benzene rings is 2.